The topological polar surface area (TPSA) is 9.86 Å². The summed E-state index contributed by atoms with van der Waals surface area (Å²) < 4.78 is 7.49. The molecule has 67 heavy (non-hydrogen) atoms. The van der Waals surface area contributed by atoms with E-state index in [9.17, 15) is 0 Å². The number of nitrogens with zero attached hydrogens (tertiary/aromatic N) is 2. The molecule has 10 aromatic carbocycles. The van der Waals surface area contributed by atoms with Gasteiger partial charge in [0.25, 0.3) is 0 Å². The first-order valence-corrected chi connectivity index (χ1v) is 24.4. The molecule has 0 N–H and O–H groups in total. The van der Waals surface area contributed by atoms with Crippen LogP contribution in [0.4, 0.5) is 0 Å². The lowest BCUT2D eigenvalue weighted by atomic mass is 9.95. The van der Waals surface area contributed by atoms with Crippen LogP contribution in [0.15, 0.2) is 224 Å². The van der Waals surface area contributed by atoms with E-state index in [1.54, 1.807) is 0 Å². The highest BCUT2D eigenvalue weighted by Gasteiger charge is 2.17. The first-order valence-electron chi connectivity index (χ1n) is 23.5. The van der Waals surface area contributed by atoms with Crippen molar-refractivity contribution in [2.45, 2.75) is 26.2 Å². The van der Waals surface area contributed by atoms with E-state index in [4.69, 9.17) is 0 Å². The van der Waals surface area contributed by atoms with Crippen molar-refractivity contribution >= 4 is 75.1 Å². The van der Waals surface area contributed by atoms with Crippen LogP contribution in [0.3, 0.4) is 0 Å². The molecule has 0 aliphatic heterocycles. The fraction of sp³-hybridized carbons (Fsp3) is 0.0625. The minimum absolute atomic E-state index is 1.10. The summed E-state index contributed by atoms with van der Waals surface area (Å²) in [6.07, 6.45) is 3.49. The molecule has 3 heterocycles. The minimum atomic E-state index is 1.10. The van der Waals surface area contributed by atoms with E-state index in [0.29, 0.717) is 0 Å². The molecule has 0 bridgehead atoms. The van der Waals surface area contributed by atoms with E-state index in [2.05, 4.69) is 241 Å². The lowest BCUT2D eigenvalue weighted by Crippen LogP contribution is -1.95. The van der Waals surface area contributed by atoms with Crippen LogP contribution >= 0.6 is 11.3 Å². The molecule has 0 atom stereocenters. The molecular weight excluding hydrogens is 829 g/mol. The second-order valence-corrected chi connectivity index (χ2v) is 19.0. The summed E-state index contributed by atoms with van der Waals surface area (Å²) in [6.45, 7) is 2.27. The van der Waals surface area contributed by atoms with Gasteiger partial charge in [0.15, 0.2) is 0 Å². The first kappa shape index (κ1) is 39.4. The molecule has 0 saturated carbocycles. The van der Waals surface area contributed by atoms with Crippen LogP contribution in [0, 0.1) is 0 Å². The largest absolute Gasteiger partial charge is 0.309 e. The SMILES string of the molecule is CCCCc1ccc2c3ccccc3n(-c3cccc(-c4cccc(-c5cccc(-c6ccc7sc8ccc(-n9c%10ccccc%10c%10cc(-c%11ccccc%11)ccc%109)cc8c7c6)c5)c4)c3)c2c1. The molecular formula is C64H46N2S. The van der Waals surface area contributed by atoms with Crippen LogP contribution in [0.1, 0.15) is 25.3 Å². The molecule has 0 spiro atoms. The Labute approximate surface area is 394 Å². The number of thiophene rings is 1. The summed E-state index contributed by atoms with van der Waals surface area (Å²) in [5.41, 5.74) is 18.4. The van der Waals surface area contributed by atoms with Gasteiger partial charge in [-0.25, -0.2) is 0 Å². The molecule has 3 aromatic heterocycles. The maximum atomic E-state index is 2.46. The van der Waals surface area contributed by atoms with Crippen LogP contribution in [0.5, 0.6) is 0 Å². The summed E-state index contributed by atoms with van der Waals surface area (Å²) in [5.74, 6) is 0. The van der Waals surface area contributed by atoms with E-state index < -0.39 is 0 Å². The number of rotatable bonds is 9. The summed E-state index contributed by atoms with van der Waals surface area (Å²) in [6, 6.07) is 83.4. The fourth-order valence-electron chi connectivity index (χ4n) is 10.6. The molecule has 3 heteroatoms. The third-order valence-electron chi connectivity index (χ3n) is 13.9. The van der Waals surface area contributed by atoms with Gasteiger partial charge in [0.2, 0.25) is 0 Å². The third kappa shape index (κ3) is 6.77. The molecule has 0 radical (unpaired) electrons. The number of unbranched alkanes of at least 4 members (excludes halogenated alkanes) is 1. The zero-order valence-corrected chi connectivity index (χ0v) is 38.1. The fourth-order valence-corrected chi connectivity index (χ4v) is 11.6. The van der Waals surface area contributed by atoms with Crippen molar-refractivity contribution in [2.24, 2.45) is 0 Å². The van der Waals surface area contributed by atoms with E-state index >= 15 is 0 Å². The van der Waals surface area contributed by atoms with Crippen molar-refractivity contribution in [2.75, 3.05) is 0 Å². The monoisotopic (exact) mass is 874 g/mol. The molecule has 2 nitrogen and oxygen atoms in total. The molecule has 0 fully saturated rings. The molecule has 318 valence electrons. The molecule has 0 saturated heterocycles. The summed E-state index contributed by atoms with van der Waals surface area (Å²) >= 11 is 1.87. The lowest BCUT2D eigenvalue weighted by molar-refractivity contribution is 0.795. The van der Waals surface area contributed by atoms with Crippen molar-refractivity contribution in [1.82, 2.24) is 9.13 Å². The Kier molecular flexibility index (Phi) is 9.50. The average Bonchev–Trinajstić information content (AvgIpc) is 4.05. The predicted molar refractivity (Wildman–Crippen MR) is 288 cm³/mol. The van der Waals surface area contributed by atoms with Crippen molar-refractivity contribution in [3.05, 3.63) is 230 Å². The van der Waals surface area contributed by atoms with Crippen LogP contribution in [-0.4, -0.2) is 9.13 Å². The predicted octanol–water partition coefficient (Wildman–Crippen LogP) is 18.3. The molecule has 0 amide bonds. The van der Waals surface area contributed by atoms with Gasteiger partial charge in [-0.1, -0.05) is 153 Å². The maximum absolute atomic E-state index is 2.46. The molecule has 0 unspecified atom stereocenters. The first-order chi connectivity index (χ1) is 33.1. The van der Waals surface area contributed by atoms with Crippen molar-refractivity contribution in [1.29, 1.82) is 0 Å². The van der Waals surface area contributed by atoms with Crippen LogP contribution in [0.25, 0.3) is 120 Å². The Bertz CT molecular complexity index is 4030. The molecule has 13 rings (SSSR count). The van der Waals surface area contributed by atoms with E-state index in [1.165, 1.54) is 138 Å². The summed E-state index contributed by atoms with van der Waals surface area (Å²) in [5, 5.41) is 7.71. The summed E-state index contributed by atoms with van der Waals surface area (Å²) in [7, 11) is 0. The highest BCUT2D eigenvalue weighted by atomic mass is 32.1. The van der Waals surface area contributed by atoms with E-state index in [0.717, 1.165) is 6.42 Å². The van der Waals surface area contributed by atoms with Gasteiger partial charge in [0, 0.05) is 53.1 Å². The molecule has 0 aliphatic carbocycles. The number of para-hydroxylation sites is 2. The van der Waals surface area contributed by atoms with Crippen LogP contribution in [0.2, 0.25) is 0 Å². The van der Waals surface area contributed by atoms with Crippen molar-refractivity contribution < 1.29 is 0 Å². The zero-order chi connectivity index (χ0) is 44.4. The van der Waals surface area contributed by atoms with Gasteiger partial charge in [0.05, 0.1) is 22.1 Å². The van der Waals surface area contributed by atoms with Gasteiger partial charge in [-0.05, 0) is 148 Å². The Morgan fingerprint density at radius 1 is 0.313 bits per heavy atom. The van der Waals surface area contributed by atoms with Gasteiger partial charge in [-0.2, -0.15) is 0 Å². The van der Waals surface area contributed by atoms with Crippen molar-refractivity contribution in [3.63, 3.8) is 0 Å². The Hall–Kier alpha value is -7.98. The van der Waals surface area contributed by atoms with E-state index in [-0.39, 0.29) is 0 Å². The second-order valence-electron chi connectivity index (χ2n) is 18.0. The number of fused-ring (bicyclic) bond motifs is 9. The van der Waals surface area contributed by atoms with Gasteiger partial charge < -0.3 is 9.13 Å². The Morgan fingerprint density at radius 3 is 1.52 bits per heavy atom. The Balaban J connectivity index is 0.852. The van der Waals surface area contributed by atoms with Gasteiger partial charge >= 0.3 is 0 Å². The molecule has 0 aliphatic rings. The van der Waals surface area contributed by atoms with Crippen LogP contribution in [-0.2, 0) is 6.42 Å². The average molecular weight is 875 g/mol. The summed E-state index contributed by atoms with van der Waals surface area (Å²) in [4.78, 5) is 0. The number of hydrogen-bond donors (Lipinski definition) is 0. The number of benzene rings is 10. The van der Waals surface area contributed by atoms with E-state index in [1.807, 2.05) is 11.3 Å². The van der Waals surface area contributed by atoms with Crippen LogP contribution < -0.4 is 0 Å². The molecule has 13 aromatic rings. The Morgan fingerprint density at radius 2 is 0.806 bits per heavy atom. The second kappa shape index (κ2) is 16.2. The lowest BCUT2D eigenvalue weighted by Gasteiger charge is -2.12. The highest BCUT2D eigenvalue weighted by molar-refractivity contribution is 7.25. The van der Waals surface area contributed by atoms with Gasteiger partial charge in [-0.15, -0.1) is 11.3 Å². The third-order valence-corrected chi connectivity index (χ3v) is 15.0. The normalized spacial score (nSPS) is 11.8. The quantitative estimate of drug-likeness (QED) is 0.137. The number of hydrogen-bond acceptors (Lipinski definition) is 1. The highest BCUT2D eigenvalue weighted by Crippen LogP contribution is 2.41. The van der Waals surface area contributed by atoms with Gasteiger partial charge in [0.1, 0.15) is 0 Å². The maximum Gasteiger partial charge on any atom is 0.0543 e. The number of aryl methyl sites for hydroxylation is 1. The van der Waals surface area contributed by atoms with Crippen molar-refractivity contribution in [3.8, 4) is 55.9 Å². The smallest absolute Gasteiger partial charge is 0.0543 e. The standard InChI is InChI=1S/C64H46N2S/c1-2-3-14-42-27-31-55-53-23-7-9-25-59(53)66(62(55)35-42)51-22-13-21-48(38-51)46-19-11-17-44(36-46)45-18-12-20-47(37-45)50-29-33-63-57(40-50)58-41-52(30-34-64(58)67-63)65-60-26-10-8-24-54(60)56-39-49(28-32-61(56)65)43-15-5-4-6-16-43/h4-13,15-41H,2-3,14H2,1H3. The minimum Gasteiger partial charge on any atom is -0.309 e. The number of aromatic nitrogens is 2. The van der Waals surface area contributed by atoms with Gasteiger partial charge in [-0.3, -0.25) is 0 Å². The zero-order valence-electron chi connectivity index (χ0n) is 37.3.